The highest BCUT2D eigenvalue weighted by atomic mass is 35.5. The summed E-state index contributed by atoms with van der Waals surface area (Å²) in [7, 11) is 0. The highest BCUT2D eigenvalue weighted by Gasteiger charge is 2.28. The number of nitrogens with zero attached hydrogens (tertiary/aromatic N) is 4. The molecule has 1 fully saturated rings. The fourth-order valence-corrected chi connectivity index (χ4v) is 4.81. The van der Waals surface area contributed by atoms with Crippen molar-refractivity contribution in [3.63, 3.8) is 0 Å². The predicted molar refractivity (Wildman–Crippen MR) is 131 cm³/mol. The zero-order valence-electron chi connectivity index (χ0n) is 19.1. The number of fused-ring (bicyclic) bond motifs is 1. The minimum Gasteiger partial charge on any atom is -0.329 e. The molecule has 4 rings (SSSR count). The van der Waals surface area contributed by atoms with Gasteiger partial charge in [-0.1, -0.05) is 23.3 Å². The van der Waals surface area contributed by atoms with E-state index in [0.29, 0.717) is 17.0 Å². The predicted octanol–water partition coefficient (Wildman–Crippen LogP) is 4.74. The van der Waals surface area contributed by atoms with Crippen molar-refractivity contribution in [1.29, 1.82) is 0 Å². The summed E-state index contributed by atoms with van der Waals surface area (Å²) in [6.07, 6.45) is 15.4. The molecule has 0 aromatic carbocycles. The number of rotatable bonds is 11. The Labute approximate surface area is 195 Å². The van der Waals surface area contributed by atoms with E-state index >= 15 is 0 Å². The van der Waals surface area contributed by atoms with Crippen molar-refractivity contribution < 1.29 is 0 Å². The van der Waals surface area contributed by atoms with E-state index < -0.39 is 0 Å². The quantitative estimate of drug-likeness (QED) is 0.287. The summed E-state index contributed by atoms with van der Waals surface area (Å²) < 4.78 is 2.32. The van der Waals surface area contributed by atoms with E-state index in [1.807, 2.05) is 6.20 Å². The lowest BCUT2D eigenvalue weighted by molar-refractivity contribution is 0.452. The largest absolute Gasteiger partial charge is 0.329 e. The maximum absolute atomic E-state index is 6.34. The average Bonchev–Trinajstić information content (AvgIpc) is 3.53. The fourth-order valence-electron chi connectivity index (χ4n) is 4.61. The summed E-state index contributed by atoms with van der Waals surface area (Å²) >= 11 is 6.34. The highest BCUT2D eigenvalue weighted by molar-refractivity contribution is 6.33. The SMILES string of the molecule is C/C=C(\C)CCNCCCNC[C@@H]1CC[C@H](n2cc(-c3[nH]ncc3Cl)c3cncnc32)C1. The number of hydrogen-bond donors (Lipinski definition) is 3. The number of allylic oxidation sites excluding steroid dienone is 1. The lowest BCUT2D eigenvalue weighted by Gasteiger charge is -2.15. The van der Waals surface area contributed by atoms with Gasteiger partial charge in [0.2, 0.25) is 0 Å². The first-order valence-electron chi connectivity index (χ1n) is 11.7. The van der Waals surface area contributed by atoms with Crippen molar-refractivity contribution in [1.82, 2.24) is 35.4 Å². The zero-order valence-corrected chi connectivity index (χ0v) is 19.8. The van der Waals surface area contributed by atoms with Gasteiger partial charge in [-0.2, -0.15) is 5.10 Å². The molecule has 172 valence electrons. The molecule has 0 bridgehead atoms. The summed E-state index contributed by atoms with van der Waals surface area (Å²) in [5.74, 6) is 0.698. The van der Waals surface area contributed by atoms with E-state index in [-0.39, 0.29) is 0 Å². The van der Waals surface area contributed by atoms with E-state index in [1.165, 1.54) is 24.8 Å². The Balaban J connectivity index is 1.27. The topological polar surface area (TPSA) is 83.5 Å². The summed E-state index contributed by atoms with van der Waals surface area (Å²) in [4.78, 5) is 8.82. The maximum atomic E-state index is 6.34. The van der Waals surface area contributed by atoms with Gasteiger partial charge < -0.3 is 15.2 Å². The molecule has 32 heavy (non-hydrogen) atoms. The number of aromatic amines is 1. The molecule has 7 nitrogen and oxygen atoms in total. The average molecular weight is 456 g/mol. The van der Waals surface area contributed by atoms with Crippen molar-refractivity contribution in [2.75, 3.05) is 26.2 Å². The van der Waals surface area contributed by atoms with E-state index in [4.69, 9.17) is 11.6 Å². The lowest BCUT2D eigenvalue weighted by Crippen LogP contribution is -2.26. The molecule has 2 atom stereocenters. The van der Waals surface area contributed by atoms with Crippen LogP contribution in [0.5, 0.6) is 0 Å². The van der Waals surface area contributed by atoms with Crippen molar-refractivity contribution >= 4 is 22.6 Å². The number of halogens is 1. The third kappa shape index (κ3) is 5.39. The first kappa shape index (κ1) is 23.0. The van der Waals surface area contributed by atoms with Gasteiger partial charge in [0.15, 0.2) is 0 Å². The standard InChI is InChI=1S/C24H34ClN7/c1-3-17(2)7-10-26-8-4-9-27-12-18-5-6-19(11-18)32-15-21(23-22(25)14-30-31-23)20-13-28-16-29-24(20)32/h3,13-16,18-19,26-27H,4-12H2,1-2H3,(H,30,31)/b17-3+/t18-,19+/m1/s1. The molecule has 0 aliphatic heterocycles. The van der Waals surface area contributed by atoms with E-state index in [9.17, 15) is 0 Å². The summed E-state index contributed by atoms with van der Waals surface area (Å²) in [6, 6.07) is 0.450. The molecular formula is C24H34ClN7. The molecule has 0 spiro atoms. The van der Waals surface area contributed by atoms with Crippen molar-refractivity contribution in [2.24, 2.45) is 5.92 Å². The molecule has 0 unspecified atom stereocenters. The first-order chi connectivity index (χ1) is 15.7. The van der Waals surface area contributed by atoms with Gasteiger partial charge in [-0.3, -0.25) is 5.10 Å². The Morgan fingerprint density at radius 1 is 1.25 bits per heavy atom. The Kier molecular flexibility index (Phi) is 7.95. The van der Waals surface area contributed by atoms with Gasteiger partial charge in [0.1, 0.15) is 12.0 Å². The molecule has 3 N–H and O–H groups in total. The van der Waals surface area contributed by atoms with Gasteiger partial charge in [-0.25, -0.2) is 9.97 Å². The minimum absolute atomic E-state index is 0.450. The van der Waals surface area contributed by atoms with Gasteiger partial charge in [0, 0.05) is 29.4 Å². The van der Waals surface area contributed by atoms with Gasteiger partial charge in [0.25, 0.3) is 0 Å². The second-order valence-electron chi connectivity index (χ2n) is 8.83. The second kappa shape index (κ2) is 11.1. The molecule has 3 heterocycles. The Hall–Kier alpha value is -2.22. The summed E-state index contributed by atoms with van der Waals surface area (Å²) in [6.45, 7) is 8.59. The lowest BCUT2D eigenvalue weighted by atomic mass is 10.1. The van der Waals surface area contributed by atoms with Crippen LogP contribution in [0.3, 0.4) is 0 Å². The zero-order chi connectivity index (χ0) is 22.3. The van der Waals surface area contributed by atoms with Crippen LogP contribution in [0.15, 0.2) is 36.6 Å². The van der Waals surface area contributed by atoms with Crippen LogP contribution in [0.25, 0.3) is 22.3 Å². The van der Waals surface area contributed by atoms with Crippen molar-refractivity contribution in [3.8, 4) is 11.3 Å². The van der Waals surface area contributed by atoms with Crippen LogP contribution in [0.1, 0.15) is 52.0 Å². The summed E-state index contributed by atoms with van der Waals surface area (Å²) in [5.41, 5.74) is 4.27. The van der Waals surface area contributed by atoms with Gasteiger partial charge in [0.05, 0.1) is 16.9 Å². The monoisotopic (exact) mass is 455 g/mol. The number of H-pyrrole nitrogens is 1. The Bertz CT molecular complexity index is 1040. The molecule has 1 aliphatic rings. The third-order valence-corrected chi connectivity index (χ3v) is 6.88. The maximum Gasteiger partial charge on any atom is 0.144 e. The highest BCUT2D eigenvalue weighted by Crippen LogP contribution is 2.39. The number of nitrogens with one attached hydrogen (secondary N) is 3. The van der Waals surface area contributed by atoms with E-state index in [0.717, 1.165) is 61.3 Å². The molecule has 0 amide bonds. The molecule has 0 saturated heterocycles. The van der Waals surface area contributed by atoms with Gasteiger partial charge in [-0.05, 0) is 78.0 Å². The molecule has 8 heteroatoms. The Morgan fingerprint density at radius 2 is 2.12 bits per heavy atom. The van der Waals surface area contributed by atoms with E-state index in [2.05, 4.69) is 61.5 Å². The van der Waals surface area contributed by atoms with Crippen molar-refractivity contribution in [3.05, 3.63) is 41.6 Å². The molecule has 1 saturated carbocycles. The van der Waals surface area contributed by atoms with Crippen LogP contribution in [0, 0.1) is 5.92 Å². The van der Waals surface area contributed by atoms with Crippen LogP contribution in [0.4, 0.5) is 0 Å². The van der Waals surface area contributed by atoms with Crippen LogP contribution in [-0.2, 0) is 0 Å². The van der Waals surface area contributed by atoms with Crippen LogP contribution in [-0.4, -0.2) is 50.9 Å². The number of hydrogen-bond acceptors (Lipinski definition) is 5. The molecule has 1 aliphatic carbocycles. The molecule has 0 radical (unpaired) electrons. The molecule has 3 aromatic rings. The van der Waals surface area contributed by atoms with Gasteiger partial charge >= 0.3 is 0 Å². The number of aromatic nitrogens is 5. The third-order valence-electron chi connectivity index (χ3n) is 6.59. The molecule has 3 aromatic heterocycles. The van der Waals surface area contributed by atoms with Gasteiger partial charge in [-0.15, -0.1) is 0 Å². The smallest absolute Gasteiger partial charge is 0.144 e. The Morgan fingerprint density at radius 3 is 2.94 bits per heavy atom. The second-order valence-corrected chi connectivity index (χ2v) is 9.24. The summed E-state index contributed by atoms with van der Waals surface area (Å²) in [5, 5.41) is 15.9. The van der Waals surface area contributed by atoms with Crippen LogP contribution in [0.2, 0.25) is 5.02 Å². The van der Waals surface area contributed by atoms with E-state index in [1.54, 1.807) is 12.5 Å². The molecular weight excluding hydrogens is 422 g/mol. The first-order valence-corrected chi connectivity index (χ1v) is 12.1. The van der Waals surface area contributed by atoms with Crippen LogP contribution >= 0.6 is 11.6 Å². The minimum atomic E-state index is 0.450. The fraction of sp³-hybridized carbons (Fsp3) is 0.542. The normalized spacial score (nSPS) is 19.3. The van der Waals surface area contributed by atoms with Crippen molar-refractivity contribution in [2.45, 2.75) is 52.0 Å². The van der Waals surface area contributed by atoms with Crippen LogP contribution < -0.4 is 10.6 Å².